The Labute approximate surface area is 160 Å². The van der Waals surface area contributed by atoms with Crippen molar-refractivity contribution in [2.75, 3.05) is 7.11 Å². The number of carbonyl (C=O) groups is 2. The van der Waals surface area contributed by atoms with Crippen LogP contribution in [0.1, 0.15) is 30.8 Å². The Bertz CT molecular complexity index is 815. The predicted molar refractivity (Wildman–Crippen MR) is 108 cm³/mol. The maximum atomic E-state index is 11.8. The summed E-state index contributed by atoms with van der Waals surface area (Å²) in [5, 5.41) is 2.58. The van der Waals surface area contributed by atoms with Crippen LogP contribution in [-0.4, -0.2) is 19.3 Å². The number of furan rings is 1. The van der Waals surface area contributed by atoms with Gasteiger partial charge < -0.3 is 19.3 Å². The highest BCUT2D eigenvalue weighted by atomic mass is 16.5. The molecule has 0 fully saturated rings. The minimum Gasteiger partial charge on any atom is -0.497 e. The van der Waals surface area contributed by atoms with Crippen molar-refractivity contribution in [2.24, 2.45) is 0 Å². The molecule has 0 radical (unpaired) electrons. The molecular formula is C22H25NO4. The predicted octanol–water partition coefficient (Wildman–Crippen LogP) is 4.93. The number of ether oxygens (including phenoxy) is 1. The van der Waals surface area contributed by atoms with Gasteiger partial charge >= 0.3 is 0 Å². The van der Waals surface area contributed by atoms with Gasteiger partial charge in [-0.15, -0.1) is 0 Å². The van der Waals surface area contributed by atoms with Crippen molar-refractivity contribution in [3.05, 3.63) is 78.7 Å². The second-order valence-electron chi connectivity index (χ2n) is 5.47. The first kappa shape index (κ1) is 21.7. The third-order valence-electron chi connectivity index (χ3n) is 3.53. The summed E-state index contributed by atoms with van der Waals surface area (Å²) in [7, 11) is 1.60. The molecule has 5 nitrogen and oxygen atoms in total. The van der Waals surface area contributed by atoms with Crippen molar-refractivity contribution < 1.29 is 18.7 Å². The molecule has 0 aliphatic heterocycles. The monoisotopic (exact) mass is 367 g/mol. The Balaban J connectivity index is 0.000000445. The van der Waals surface area contributed by atoms with Crippen LogP contribution in [0.15, 0.2) is 77.4 Å². The molecule has 0 aliphatic rings. The van der Waals surface area contributed by atoms with Gasteiger partial charge in [-0.3, -0.25) is 4.79 Å². The molecule has 1 heterocycles. The van der Waals surface area contributed by atoms with Crippen LogP contribution in [0, 0.1) is 0 Å². The molecule has 2 rings (SSSR count). The van der Waals surface area contributed by atoms with E-state index in [0.29, 0.717) is 12.2 Å². The van der Waals surface area contributed by atoms with Crippen LogP contribution >= 0.6 is 0 Å². The summed E-state index contributed by atoms with van der Waals surface area (Å²) >= 11 is 0. The first-order valence-corrected chi connectivity index (χ1v) is 8.43. The van der Waals surface area contributed by atoms with E-state index in [0.717, 1.165) is 23.2 Å². The van der Waals surface area contributed by atoms with E-state index < -0.39 is 0 Å². The van der Waals surface area contributed by atoms with Crippen molar-refractivity contribution in [1.82, 2.24) is 5.32 Å². The van der Waals surface area contributed by atoms with Crippen LogP contribution < -0.4 is 10.1 Å². The largest absolute Gasteiger partial charge is 0.497 e. The third-order valence-corrected chi connectivity index (χ3v) is 3.53. The van der Waals surface area contributed by atoms with E-state index in [1.165, 1.54) is 6.20 Å². The lowest BCUT2D eigenvalue weighted by Crippen LogP contribution is -2.15. The zero-order valence-corrected chi connectivity index (χ0v) is 15.9. The fraction of sp³-hybridized carbons (Fsp3) is 0.182. The Kier molecular flexibility index (Phi) is 9.71. The van der Waals surface area contributed by atoms with Crippen molar-refractivity contribution in [3.8, 4) is 17.1 Å². The number of carbonyl (C=O) groups excluding carboxylic acids is 2. The molecule has 2 aromatic rings. The fourth-order valence-electron chi connectivity index (χ4n) is 1.90. The number of hydrogen-bond donors (Lipinski definition) is 1. The smallest absolute Gasteiger partial charge is 0.290 e. The molecule has 5 heteroatoms. The van der Waals surface area contributed by atoms with Crippen molar-refractivity contribution in [2.45, 2.75) is 20.3 Å². The van der Waals surface area contributed by atoms with Gasteiger partial charge in [0.2, 0.25) is 0 Å². The Morgan fingerprint density at radius 1 is 1.30 bits per heavy atom. The van der Waals surface area contributed by atoms with Gasteiger partial charge in [0.1, 0.15) is 17.8 Å². The highest BCUT2D eigenvalue weighted by molar-refractivity contribution is 5.92. The number of benzene rings is 1. The number of nitrogens with one attached hydrogen (secondary N) is 1. The molecule has 142 valence electrons. The lowest BCUT2D eigenvalue weighted by molar-refractivity contribution is -0.107. The number of methoxy groups -OCH3 is 1. The molecule has 1 aromatic heterocycles. The van der Waals surface area contributed by atoms with Gasteiger partial charge in [0.05, 0.1) is 7.11 Å². The van der Waals surface area contributed by atoms with Crippen LogP contribution in [0.3, 0.4) is 0 Å². The zero-order valence-electron chi connectivity index (χ0n) is 15.9. The zero-order chi connectivity index (χ0) is 20.1. The van der Waals surface area contributed by atoms with Gasteiger partial charge in [0.15, 0.2) is 5.76 Å². The van der Waals surface area contributed by atoms with Crippen LogP contribution in [0.25, 0.3) is 11.3 Å². The number of hydrogen-bond acceptors (Lipinski definition) is 4. The normalized spacial score (nSPS) is 10.7. The minimum absolute atomic E-state index is 0.247. The second-order valence-corrected chi connectivity index (χ2v) is 5.47. The molecule has 0 bridgehead atoms. The molecular weight excluding hydrogens is 342 g/mol. The Hall–Kier alpha value is -3.34. The highest BCUT2D eigenvalue weighted by Gasteiger charge is 2.11. The summed E-state index contributed by atoms with van der Waals surface area (Å²) in [6.45, 7) is 7.39. The minimum atomic E-state index is -0.308. The highest BCUT2D eigenvalue weighted by Crippen LogP contribution is 2.25. The van der Waals surface area contributed by atoms with E-state index in [2.05, 4.69) is 11.9 Å². The molecule has 27 heavy (non-hydrogen) atoms. The van der Waals surface area contributed by atoms with Gasteiger partial charge in [0.25, 0.3) is 5.91 Å². The van der Waals surface area contributed by atoms with Gasteiger partial charge in [-0.25, -0.2) is 0 Å². The van der Waals surface area contributed by atoms with Gasteiger partial charge in [-0.1, -0.05) is 36.4 Å². The van der Waals surface area contributed by atoms with E-state index in [4.69, 9.17) is 9.15 Å². The first-order chi connectivity index (χ1) is 13.0. The standard InChI is InChI=1S/C16H15NO3.C6H10O/c1-3-4-10-17-16(18)15-9-8-14(20-15)12-6-5-7-13(11-12)19-2;1-3-6(2)4-5-7/h3-11H,1H2,2H3,(H,17,18);3,5H,4H2,1-2H3/b10-4+;6-3+. The second kappa shape index (κ2) is 12.1. The first-order valence-electron chi connectivity index (χ1n) is 8.43. The maximum Gasteiger partial charge on any atom is 0.290 e. The third kappa shape index (κ3) is 7.61. The van der Waals surface area contributed by atoms with Crippen molar-refractivity contribution in [3.63, 3.8) is 0 Å². The summed E-state index contributed by atoms with van der Waals surface area (Å²) in [4.78, 5) is 21.5. The van der Waals surface area contributed by atoms with E-state index in [1.807, 2.05) is 44.2 Å². The van der Waals surface area contributed by atoms with E-state index in [-0.39, 0.29) is 11.7 Å². The topological polar surface area (TPSA) is 68.5 Å². The van der Waals surface area contributed by atoms with E-state index >= 15 is 0 Å². The molecule has 0 saturated carbocycles. The van der Waals surface area contributed by atoms with Crippen LogP contribution in [0.2, 0.25) is 0 Å². The summed E-state index contributed by atoms with van der Waals surface area (Å²) in [6, 6.07) is 10.8. The van der Waals surface area contributed by atoms with Crippen LogP contribution in [0.4, 0.5) is 0 Å². The number of allylic oxidation sites excluding steroid dienone is 4. The number of aldehydes is 1. The lowest BCUT2D eigenvalue weighted by atomic mass is 10.2. The SMILES string of the molecule is C/C=C(\C)CC=O.C=C/C=C/NC(=O)c1ccc(-c2cccc(OC)c2)o1. The molecule has 1 N–H and O–H groups in total. The number of amides is 1. The molecule has 1 amide bonds. The summed E-state index contributed by atoms with van der Waals surface area (Å²) in [5.74, 6) is 1.29. The fourth-order valence-corrected chi connectivity index (χ4v) is 1.90. The van der Waals surface area contributed by atoms with Crippen LogP contribution in [-0.2, 0) is 4.79 Å². The Morgan fingerprint density at radius 2 is 2.07 bits per heavy atom. The van der Waals surface area contributed by atoms with E-state index in [1.54, 1.807) is 31.4 Å². The summed E-state index contributed by atoms with van der Waals surface area (Å²) < 4.78 is 10.7. The quantitative estimate of drug-likeness (QED) is 0.428. The van der Waals surface area contributed by atoms with Gasteiger partial charge in [0, 0.05) is 18.2 Å². The van der Waals surface area contributed by atoms with Gasteiger partial charge in [-0.05, 0) is 44.2 Å². The lowest BCUT2D eigenvalue weighted by Gasteiger charge is -2.01. The summed E-state index contributed by atoms with van der Waals surface area (Å²) in [6.07, 6.45) is 8.14. The molecule has 0 saturated heterocycles. The van der Waals surface area contributed by atoms with Crippen LogP contribution in [0.5, 0.6) is 5.75 Å². The molecule has 1 aromatic carbocycles. The summed E-state index contributed by atoms with van der Waals surface area (Å²) in [5.41, 5.74) is 1.99. The molecule has 0 spiro atoms. The van der Waals surface area contributed by atoms with Crippen molar-refractivity contribution >= 4 is 12.2 Å². The molecule has 0 aliphatic carbocycles. The number of rotatable bonds is 7. The molecule has 0 unspecified atom stereocenters. The molecule has 0 atom stereocenters. The van der Waals surface area contributed by atoms with E-state index in [9.17, 15) is 9.59 Å². The van der Waals surface area contributed by atoms with Crippen molar-refractivity contribution in [1.29, 1.82) is 0 Å². The maximum absolute atomic E-state index is 11.8. The average Bonchev–Trinajstić information content (AvgIpc) is 3.19. The average molecular weight is 367 g/mol. The van der Waals surface area contributed by atoms with Gasteiger partial charge in [-0.2, -0.15) is 0 Å². The Morgan fingerprint density at radius 3 is 2.67 bits per heavy atom.